The number of aliphatic hydroxyl groups is 1. The number of hydrogen-bond donors (Lipinski definition) is 1. The third-order valence-corrected chi connectivity index (χ3v) is 5.90. The Morgan fingerprint density at radius 3 is 2.29 bits per heavy atom. The molecule has 0 aliphatic carbocycles. The van der Waals surface area contributed by atoms with E-state index in [0.717, 1.165) is 42.9 Å². The molecule has 0 spiro atoms. The summed E-state index contributed by atoms with van der Waals surface area (Å²) in [4.78, 5) is 5.98. The highest BCUT2D eigenvalue weighted by Gasteiger charge is 2.19. The summed E-state index contributed by atoms with van der Waals surface area (Å²) in [6.45, 7) is 4.82. The largest absolute Gasteiger partial charge is 0.391 e. The Kier molecular flexibility index (Phi) is 6.60. The van der Waals surface area contributed by atoms with Crippen LogP contribution in [-0.2, 0) is 0 Å². The lowest BCUT2D eigenvalue weighted by Crippen LogP contribution is -2.48. The van der Waals surface area contributed by atoms with Crippen molar-refractivity contribution in [3.05, 3.63) is 59.1 Å². The summed E-state index contributed by atoms with van der Waals surface area (Å²) >= 11 is 5.16. The van der Waals surface area contributed by atoms with E-state index in [1.54, 1.807) is 11.8 Å². The minimum absolute atomic E-state index is 0.290. The van der Waals surface area contributed by atoms with Gasteiger partial charge in [-0.1, -0.05) is 34.1 Å². The zero-order valence-electron chi connectivity index (χ0n) is 13.6. The first-order valence-electron chi connectivity index (χ1n) is 8.29. The van der Waals surface area contributed by atoms with Gasteiger partial charge in [0.15, 0.2) is 0 Å². The molecule has 1 N–H and O–H groups in total. The maximum Gasteiger partial charge on any atom is 0.0760 e. The fourth-order valence-corrected chi connectivity index (χ4v) is 3.98. The summed E-state index contributed by atoms with van der Waals surface area (Å²) in [6, 6.07) is 18.8. The Labute approximate surface area is 156 Å². The van der Waals surface area contributed by atoms with Crippen molar-refractivity contribution in [2.24, 2.45) is 0 Å². The molecule has 1 aliphatic heterocycles. The molecule has 0 amide bonds. The number of hydrogen-bond acceptors (Lipinski definition) is 4. The first-order chi connectivity index (χ1) is 11.7. The summed E-state index contributed by atoms with van der Waals surface area (Å²) in [5, 5.41) is 10.3. The number of aliphatic hydroxyl groups excluding tert-OH is 1. The quantitative estimate of drug-likeness (QED) is 0.739. The van der Waals surface area contributed by atoms with Crippen molar-refractivity contribution in [1.29, 1.82) is 0 Å². The van der Waals surface area contributed by atoms with Gasteiger partial charge in [0.25, 0.3) is 0 Å². The van der Waals surface area contributed by atoms with Gasteiger partial charge in [-0.15, -0.1) is 11.8 Å². The molecule has 0 saturated carbocycles. The van der Waals surface area contributed by atoms with E-state index in [0.29, 0.717) is 0 Å². The van der Waals surface area contributed by atoms with E-state index in [4.69, 9.17) is 0 Å². The van der Waals surface area contributed by atoms with Gasteiger partial charge in [-0.3, -0.25) is 4.90 Å². The van der Waals surface area contributed by atoms with Crippen molar-refractivity contribution in [3.63, 3.8) is 0 Å². The van der Waals surface area contributed by atoms with E-state index in [1.165, 1.54) is 10.6 Å². The van der Waals surface area contributed by atoms with Crippen LogP contribution < -0.4 is 4.90 Å². The lowest BCUT2D eigenvalue weighted by atomic mass is 10.2. The molecule has 1 saturated heterocycles. The Morgan fingerprint density at radius 2 is 1.62 bits per heavy atom. The van der Waals surface area contributed by atoms with Crippen molar-refractivity contribution in [2.75, 3.05) is 43.4 Å². The number of benzene rings is 2. The van der Waals surface area contributed by atoms with Gasteiger partial charge in [0, 0.05) is 53.5 Å². The lowest BCUT2D eigenvalue weighted by molar-refractivity contribution is 0.126. The zero-order valence-corrected chi connectivity index (χ0v) is 16.0. The summed E-state index contributed by atoms with van der Waals surface area (Å²) < 4.78 is 1.09. The Morgan fingerprint density at radius 1 is 0.958 bits per heavy atom. The summed E-state index contributed by atoms with van der Waals surface area (Å²) in [5.74, 6) is 0.737. The smallest absolute Gasteiger partial charge is 0.0760 e. The van der Waals surface area contributed by atoms with Crippen LogP contribution >= 0.6 is 27.7 Å². The molecule has 128 valence electrons. The Bertz CT molecular complexity index is 615. The number of halogens is 1. The number of piperazine rings is 1. The Balaban J connectivity index is 1.40. The van der Waals surface area contributed by atoms with E-state index < -0.39 is 0 Å². The zero-order chi connectivity index (χ0) is 16.8. The van der Waals surface area contributed by atoms with Gasteiger partial charge < -0.3 is 10.0 Å². The third kappa shape index (κ3) is 5.24. The molecule has 0 radical (unpaired) electrons. The van der Waals surface area contributed by atoms with Crippen LogP contribution in [0.5, 0.6) is 0 Å². The van der Waals surface area contributed by atoms with E-state index in [-0.39, 0.29) is 6.10 Å². The molecule has 5 heteroatoms. The van der Waals surface area contributed by atoms with Crippen molar-refractivity contribution in [1.82, 2.24) is 4.90 Å². The average molecular weight is 407 g/mol. The van der Waals surface area contributed by atoms with Crippen LogP contribution in [0, 0.1) is 0 Å². The van der Waals surface area contributed by atoms with Crippen molar-refractivity contribution in [3.8, 4) is 0 Å². The molecule has 1 fully saturated rings. The van der Waals surface area contributed by atoms with Crippen molar-refractivity contribution in [2.45, 2.75) is 11.0 Å². The normalized spacial score (nSPS) is 17.0. The van der Waals surface area contributed by atoms with Crippen LogP contribution in [0.3, 0.4) is 0 Å². The van der Waals surface area contributed by atoms with Crippen LogP contribution in [0.15, 0.2) is 64.0 Å². The van der Waals surface area contributed by atoms with Crippen LogP contribution in [0.2, 0.25) is 0 Å². The second-order valence-corrected chi connectivity index (χ2v) is 8.05. The SMILES string of the molecule is O[C@H](CSc1ccc(Br)cc1)CN1CCN(c2ccccc2)CC1. The van der Waals surface area contributed by atoms with E-state index >= 15 is 0 Å². The van der Waals surface area contributed by atoms with Crippen molar-refractivity contribution >= 4 is 33.4 Å². The fraction of sp³-hybridized carbons (Fsp3) is 0.368. The number of thioether (sulfide) groups is 1. The highest BCUT2D eigenvalue weighted by atomic mass is 79.9. The molecule has 0 aromatic heterocycles. The highest BCUT2D eigenvalue weighted by Crippen LogP contribution is 2.22. The molecule has 0 bridgehead atoms. The predicted octanol–water partition coefficient (Wildman–Crippen LogP) is 3.72. The molecular weight excluding hydrogens is 384 g/mol. The van der Waals surface area contributed by atoms with Gasteiger partial charge in [0.2, 0.25) is 0 Å². The number of β-amino-alcohol motifs (C(OH)–C–C–N with tert-alkyl or cyclic N) is 1. The molecule has 1 atom stereocenters. The minimum atomic E-state index is -0.290. The van der Waals surface area contributed by atoms with Crippen LogP contribution in [0.25, 0.3) is 0 Å². The van der Waals surface area contributed by atoms with Crippen LogP contribution in [0.1, 0.15) is 0 Å². The molecule has 1 aliphatic rings. The molecule has 3 nitrogen and oxygen atoms in total. The van der Waals surface area contributed by atoms with E-state index in [1.807, 2.05) is 12.1 Å². The molecule has 2 aromatic rings. The van der Waals surface area contributed by atoms with Crippen LogP contribution in [0.4, 0.5) is 5.69 Å². The number of anilines is 1. The standard InChI is InChI=1S/C19H23BrN2OS/c20-16-6-8-19(9-7-16)24-15-18(23)14-21-10-12-22(13-11-21)17-4-2-1-3-5-17/h1-9,18,23H,10-15H2/t18-/m0/s1. The van der Waals surface area contributed by atoms with Gasteiger partial charge >= 0.3 is 0 Å². The molecular formula is C19H23BrN2OS. The van der Waals surface area contributed by atoms with Gasteiger partial charge in [-0.2, -0.15) is 0 Å². The third-order valence-electron chi connectivity index (χ3n) is 4.22. The topological polar surface area (TPSA) is 26.7 Å². The second-order valence-electron chi connectivity index (χ2n) is 6.04. The van der Waals surface area contributed by atoms with Gasteiger partial charge in [-0.25, -0.2) is 0 Å². The van der Waals surface area contributed by atoms with E-state index in [9.17, 15) is 5.11 Å². The number of para-hydroxylation sites is 1. The maximum atomic E-state index is 10.3. The predicted molar refractivity (Wildman–Crippen MR) is 106 cm³/mol. The van der Waals surface area contributed by atoms with Gasteiger partial charge in [-0.05, 0) is 36.4 Å². The van der Waals surface area contributed by atoms with Crippen LogP contribution in [-0.4, -0.2) is 54.6 Å². The highest BCUT2D eigenvalue weighted by molar-refractivity contribution is 9.10. The molecule has 2 aromatic carbocycles. The first-order valence-corrected chi connectivity index (χ1v) is 10.1. The maximum absolute atomic E-state index is 10.3. The fourth-order valence-electron chi connectivity index (χ4n) is 2.90. The molecule has 1 heterocycles. The summed E-state index contributed by atoms with van der Waals surface area (Å²) in [7, 11) is 0. The molecule has 0 unspecified atom stereocenters. The molecule has 24 heavy (non-hydrogen) atoms. The summed E-state index contributed by atoms with van der Waals surface area (Å²) in [6.07, 6.45) is -0.290. The monoisotopic (exact) mass is 406 g/mol. The number of nitrogens with zero attached hydrogens (tertiary/aromatic N) is 2. The summed E-state index contributed by atoms with van der Waals surface area (Å²) in [5.41, 5.74) is 1.29. The first kappa shape index (κ1) is 17.8. The minimum Gasteiger partial charge on any atom is -0.391 e. The van der Waals surface area contributed by atoms with Gasteiger partial charge in [0.1, 0.15) is 0 Å². The average Bonchev–Trinajstić information content (AvgIpc) is 2.63. The van der Waals surface area contributed by atoms with E-state index in [2.05, 4.69) is 68.2 Å². The van der Waals surface area contributed by atoms with Gasteiger partial charge in [0.05, 0.1) is 6.10 Å². The lowest BCUT2D eigenvalue weighted by Gasteiger charge is -2.36. The second kappa shape index (κ2) is 8.90. The van der Waals surface area contributed by atoms with Crippen molar-refractivity contribution < 1.29 is 5.11 Å². The Hall–Kier alpha value is -1.01. The number of rotatable bonds is 6. The molecule has 3 rings (SSSR count).